The maximum atomic E-state index is 11.9. The Hall–Kier alpha value is -1.55. The smallest absolute Gasteiger partial charge is 0.322 e. The number of ether oxygens (including phenoxy) is 2. The zero-order valence-electron chi connectivity index (χ0n) is 12.2. The van der Waals surface area contributed by atoms with Gasteiger partial charge in [0.2, 0.25) is 0 Å². The molecule has 4 nitrogen and oxygen atoms in total. The van der Waals surface area contributed by atoms with Crippen molar-refractivity contribution in [2.75, 3.05) is 13.7 Å². The number of methoxy groups -OCH3 is 1. The maximum Gasteiger partial charge on any atom is 0.322 e. The monoisotopic (exact) mass is 277 g/mol. The summed E-state index contributed by atoms with van der Waals surface area (Å²) >= 11 is 0. The van der Waals surface area contributed by atoms with Gasteiger partial charge < -0.3 is 9.47 Å². The molecule has 0 spiro atoms. The maximum absolute atomic E-state index is 11.9. The minimum absolute atomic E-state index is 0.154. The summed E-state index contributed by atoms with van der Waals surface area (Å²) in [6.07, 6.45) is 3.76. The molecule has 0 fully saturated rings. The van der Waals surface area contributed by atoms with Gasteiger partial charge in [0.25, 0.3) is 0 Å². The van der Waals surface area contributed by atoms with Gasteiger partial charge in [0.15, 0.2) is 0 Å². The molecule has 1 N–H and O–H groups in total. The van der Waals surface area contributed by atoms with Gasteiger partial charge in [-0.25, -0.2) is 0 Å². The van der Waals surface area contributed by atoms with Crippen LogP contribution in [0.1, 0.15) is 44.2 Å². The lowest BCUT2D eigenvalue weighted by atomic mass is 9.98. The molecule has 0 radical (unpaired) electrons. The highest BCUT2D eigenvalue weighted by atomic mass is 16.5. The summed E-state index contributed by atoms with van der Waals surface area (Å²) < 4.78 is 10.6. The van der Waals surface area contributed by atoms with Crippen molar-refractivity contribution in [1.82, 2.24) is 5.32 Å². The SMILES string of the molecule is CCCCC(NC1CCOc2ccccc21)C(=O)OC. The molecule has 1 aliphatic rings. The van der Waals surface area contributed by atoms with E-state index in [0.29, 0.717) is 6.61 Å². The Morgan fingerprint density at radius 3 is 3.05 bits per heavy atom. The van der Waals surface area contributed by atoms with Crippen LogP contribution in [0.3, 0.4) is 0 Å². The third-order valence-corrected chi connectivity index (χ3v) is 3.69. The van der Waals surface area contributed by atoms with E-state index in [-0.39, 0.29) is 18.1 Å². The van der Waals surface area contributed by atoms with Gasteiger partial charge in [-0.2, -0.15) is 0 Å². The van der Waals surface area contributed by atoms with Crippen molar-refractivity contribution in [2.24, 2.45) is 0 Å². The van der Waals surface area contributed by atoms with Crippen LogP contribution in [0.25, 0.3) is 0 Å². The topological polar surface area (TPSA) is 47.6 Å². The van der Waals surface area contributed by atoms with E-state index in [1.807, 2.05) is 18.2 Å². The number of nitrogens with one attached hydrogen (secondary N) is 1. The van der Waals surface area contributed by atoms with Gasteiger partial charge in [0, 0.05) is 18.0 Å². The summed E-state index contributed by atoms with van der Waals surface area (Å²) in [5.41, 5.74) is 1.13. The largest absolute Gasteiger partial charge is 0.493 e. The molecule has 0 amide bonds. The minimum atomic E-state index is -0.240. The van der Waals surface area contributed by atoms with Gasteiger partial charge in [-0.1, -0.05) is 38.0 Å². The summed E-state index contributed by atoms with van der Waals surface area (Å²) in [4.78, 5) is 11.9. The normalized spacial score (nSPS) is 18.8. The van der Waals surface area contributed by atoms with Crippen LogP contribution >= 0.6 is 0 Å². The number of hydrogen-bond donors (Lipinski definition) is 1. The predicted molar refractivity (Wildman–Crippen MR) is 77.8 cm³/mol. The number of fused-ring (bicyclic) bond motifs is 1. The highest BCUT2D eigenvalue weighted by molar-refractivity contribution is 5.75. The molecule has 2 rings (SSSR count). The van der Waals surface area contributed by atoms with Crippen LogP contribution in [0.4, 0.5) is 0 Å². The van der Waals surface area contributed by atoms with E-state index in [4.69, 9.17) is 9.47 Å². The average Bonchev–Trinajstić information content (AvgIpc) is 2.50. The van der Waals surface area contributed by atoms with Gasteiger partial charge in [-0.3, -0.25) is 10.1 Å². The van der Waals surface area contributed by atoms with Crippen LogP contribution < -0.4 is 10.1 Å². The molecule has 1 aliphatic heterocycles. The van der Waals surface area contributed by atoms with E-state index in [1.165, 1.54) is 7.11 Å². The number of unbranched alkanes of at least 4 members (excludes halogenated alkanes) is 1. The number of benzene rings is 1. The van der Waals surface area contributed by atoms with Gasteiger partial charge in [-0.05, 0) is 12.5 Å². The highest BCUT2D eigenvalue weighted by Gasteiger charge is 2.27. The molecule has 2 unspecified atom stereocenters. The molecule has 2 atom stereocenters. The molecule has 20 heavy (non-hydrogen) atoms. The molecule has 1 aromatic rings. The number of hydrogen-bond acceptors (Lipinski definition) is 4. The van der Waals surface area contributed by atoms with Crippen molar-refractivity contribution in [3.05, 3.63) is 29.8 Å². The van der Waals surface area contributed by atoms with Crippen molar-refractivity contribution in [2.45, 2.75) is 44.7 Å². The van der Waals surface area contributed by atoms with Gasteiger partial charge in [-0.15, -0.1) is 0 Å². The van der Waals surface area contributed by atoms with E-state index in [9.17, 15) is 4.79 Å². The molecule has 0 bridgehead atoms. The molecule has 0 aromatic heterocycles. The first-order valence-corrected chi connectivity index (χ1v) is 7.31. The second-order valence-corrected chi connectivity index (χ2v) is 5.11. The summed E-state index contributed by atoms with van der Waals surface area (Å²) in [7, 11) is 1.45. The predicted octanol–water partition coefficient (Wildman–Crippen LogP) is 2.83. The molecule has 0 saturated carbocycles. The van der Waals surface area contributed by atoms with Gasteiger partial charge >= 0.3 is 5.97 Å². The molecule has 0 aliphatic carbocycles. The van der Waals surface area contributed by atoms with Gasteiger partial charge in [0.05, 0.1) is 13.7 Å². The summed E-state index contributed by atoms with van der Waals surface area (Å²) in [6, 6.07) is 7.91. The van der Waals surface area contributed by atoms with Crippen molar-refractivity contribution in [1.29, 1.82) is 0 Å². The Balaban J connectivity index is 2.09. The third-order valence-electron chi connectivity index (χ3n) is 3.69. The minimum Gasteiger partial charge on any atom is -0.493 e. The lowest BCUT2D eigenvalue weighted by molar-refractivity contribution is -0.143. The van der Waals surface area contributed by atoms with Crippen LogP contribution in [-0.4, -0.2) is 25.7 Å². The Bertz CT molecular complexity index is 447. The van der Waals surface area contributed by atoms with Crippen molar-refractivity contribution in [3.63, 3.8) is 0 Å². The first-order valence-electron chi connectivity index (χ1n) is 7.31. The molecular weight excluding hydrogens is 254 g/mol. The summed E-state index contributed by atoms with van der Waals surface area (Å²) in [5.74, 6) is 0.734. The Kier molecular flexibility index (Phi) is 5.41. The van der Waals surface area contributed by atoms with E-state index in [0.717, 1.165) is 37.0 Å². The Morgan fingerprint density at radius 1 is 1.50 bits per heavy atom. The van der Waals surface area contributed by atoms with E-state index < -0.39 is 0 Å². The van der Waals surface area contributed by atoms with Crippen LogP contribution in [0.2, 0.25) is 0 Å². The Morgan fingerprint density at radius 2 is 2.30 bits per heavy atom. The number of carbonyl (C=O) groups excluding carboxylic acids is 1. The standard InChI is InChI=1S/C16H23NO3/c1-3-4-8-14(16(18)19-2)17-13-10-11-20-15-9-6-5-7-12(13)15/h5-7,9,13-14,17H,3-4,8,10-11H2,1-2H3. The lowest BCUT2D eigenvalue weighted by Gasteiger charge is -2.29. The van der Waals surface area contributed by atoms with Crippen molar-refractivity contribution >= 4 is 5.97 Å². The third kappa shape index (κ3) is 3.51. The Labute approximate surface area is 120 Å². The fourth-order valence-electron chi connectivity index (χ4n) is 2.58. The zero-order chi connectivity index (χ0) is 14.4. The highest BCUT2D eigenvalue weighted by Crippen LogP contribution is 2.32. The second kappa shape index (κ2) is 7.29. The van der Waals surface area contributed by atoms with E-state index >= 15 is 0 Å². The average molecular weight is 277 g/mol. The van der Waals surface area contributed by atoms with E-state index in [1.54, 1.807) is 0 Å². The summed E-state index contributed by atoms with van der Waals surface area (Å²) in [6.45, 7) is 2.80. The number of esters is 1. The lowest BCUT2D eigenvalue weighted by Crippen LogP contribution is -2.41. The number of carbonyl (C=O) groups is 1. The second-order valence-electron chi connectivity index (χ2n) is 5.11. The zero-order valence-corrected chi connectivity index (χ0v) is 12.2. The summed E-state index contributed by atoms with van der Waals surface area (Å²) in [5, 5.41) is 3.44. The molecule has 1 heterocycles. The first-order chi connectivity index (χ1) is 9.76. The number of rotatable bonds is 6. The fraction of sp³-hybridized carbons (Fsp3) is 0.562. The quantitative estimate of drug-likeness (QED) is 0.812. The molecule has 0 saturated heterocycles. The van der Waals surface area contributed by atoms with Crippen LogP contribution in [0.5, 0.6) is 5.75 Å². The number of para-hydroxylation sites is 1. The first kappa shape index (κ1) is 14.9. The van der Waals surface area contributed by atoms with Crippen LogP contribution in [0, 0.1) is 0 Å². The van der Waals surface area contributed by atoms with Crippen molar-refractivity contribution in [3.8, 4) is 5.75 Å². The fourth-order valence-corrected chi connectivity index (χ4v) is 2.58. The molecular formula is C16H23NO3. The van der Waals surface area contributed by atoms with E-state index in [2.05, 4.69) is 18.3 Å². The van der Waals surface area contributed by atoms with Gasteiger partial charge in [0.1, 0.15) is 11.8 Å². The molecule has 1 aromatic carbocycles. The molecule has 4 heteroatoms. The van der Waals surface area contributed by atoms with Crippen molar-refractivity contribution < 1.29 is 14.3 Å². The van der Waals surface area contributed by atoms with Crippen LogP contribution in [0.15, 0.2) is 24.3 Å². The molecule has 110 valence electrons. The van der Waals surface area contributed by atoms with Crippen LogP contribution in [-0.2, 0) is 9.53 Å².